The molecular formula is C21H23N3O3. The van der Waals surface area contributed by atoms with E-state index in [2.05, 4.69) is 17.8 Å². The molecule has 3 rings (SSSR count). The van der Waals surface area contributed by atoms with Gasteiger partial charge in [-0.05, 0) is 42.7 Å². The molecule has 0 aromatic heterocycles. The highest BCUT2D eigenvalue weighted by Gasteiger charge is 2.35. The third-order valence-electron chi connectivity index (χ3n) is 4.84. The minimum Gasteiger partial charge on any atom is -0.312 e. The van der Waals surface area contributed by atoms with Crippen LogP contribution in [0.3, 0.4) is 0 Å². The molecule has 0 saturated carbocycles. The lowest BCUT2D eigenvalue weighted by atomic mass is 10.1. The molecule has 0 aliphatic carbocycles. The summed E-state index contributed by atoms with van der Waals surface area (Å²) in [5, 5.41) is 0. The van der Waals surface area contributed by atoms with E-state index >= 15 is 0 Å². The third-order valence-corrected chi connectivity index (χ3v) is 4.84. The predicted octanol–water partition coefficient (Wildman–Crippen LogP) is 2.37. The summed E-state index contributed by atoms with van der Waals surface area (Å²) in [4.78, 5) is 38.5. The summed E-state index contributed by atoms with van der Waals surface area (Å²) < 4.78 is 0. The largest absolute Gasteiger partial charge is 0.312 e. The Morgan fingerprint density at radius 1 is 1.07 bits per heavy atom. The summed E-state index contributed by atoms with van der Waals surface area (Å²) in [6, 6.07) is 14.9. The van der Waals surface area contributed by atoms with Gasteiger partial charge in [0.2, 0.25) is 11.8 Å². The van der Waals surface area contributed by atoms with Crippen LogP contribution < -0.4 is 15.8 Å². The van der Waals surface area contributed by atoms with Crippen molar-refractivity contribution in [3.05, 3.63) is 65.2 Å². The van der Waals surface area contributed by atoms with Gasteiger partial charge in [-0.2, -0.15) is 0 Å². The zero-order valence-corrected chi connectivity index (χ0v) is 15.5. The van der Waals surface area contributed by atoms with Crippen LogP contribution in [0.5, 0.6) is 0 Å². The summed E-state index contributed by atoms with van der Waals surface area (Å²) in [5.74, 6) is -1.33. The van der Waals surface area contributed by atoms with E-state index in [1.165, 1.54) is 5.56 Å². The molecule has 1 atom stereocenters. The molecule has 6 nitrogen and oxygen atoms in total. The molecule has 1 fully saturated rings. The van der Waals surface area contributed by atoms with Crippen molar-refractivity contribution in [1.82, 2.24) is 10.9 Å². The number of nitrogens with zero attached hydrogens (tertiary/aromatic N) is 1. The average Bonchev–Trinajstić information content (AvgIpc) is 3.08. The van der Waals surface area contributed by atoms with Crippen molar-refractivity contribution >= 4 is 23.4 Å². The number of hydrogen-bond acceptors (Lipinski definition) is 3. The number of anilines is 1. The molecule has 1 aliphatic heterocycles. The minimum atomic E-state index is -0.500. The van der Waals surface area contributed by atoms with Crippen LogP contribution >= 0.6 is 0 Å². The Balaban J connectivity index is 1.58. The van der Waals surface area contributed by atoms with Gasteiger partial charge in [0.25, 0.3) is 5.91 Å². The van der Waals surface area contributed by atoms with Gasteiger partial charge in [-0.25, -0.2) is 0 Å². The second-order valence-electron chi connectivity index (χ2n) is 6.68. The molecule has 0 unspecified atom stereocenters. The molecule has 1 saturated heterocycles. The quantitative estimate of drug-likeness (QED) is 0.817. The zero-order valence-electron chi connectivity index (χ0n) is 15.5. The molecule has 1 heterocycles. The standard InChI is InChI=1S/C21H23N3O3/c1-3-15-8-10-17(11-9-15)24-13-16(12-19(24)25)20(26)22-23-21(27)18-7-5-4-6-14(18)2/h4-11,16H,3,12-13H2,1-2H3,(H,22,26)(H,23,27)/t16-/m1/s1. The topological polar surface area (TPSA) is 78.5 Å². The number of carbonyl (C=O) groups excluding carboxylic acids is 3. The van der Waals surface area contributed by atoms with Gasteiger partial charge in [-0.1, -0.05) is 37.3 Å². The molecule has 2 aromatic carbocycles. The fourth-order valence-electron chi connectivity index (χ4n) is 3.16. The molecule has 2 aromatic rings. The van der Waals surface area contributed by atoms with Crippen LogP contribution in [-0.4, -0.2) is 24.3 Å². The number of carbonyl (C=O) groups is 3. The molecule has 27 heavy (non-hydrogen) atoms. The maximum Gasteiger partial charge on any atom is 0.269 e. The van der Waals surface area contributed by atoms with Gasteiger partial charge in [0.15, 0.2) is 0 Å². The number of hydrogen-bond donors (Lipinski definition) is 2. The number of rotatable bonds is 4. The summed E-state index contributed by atoms with van der Waals surface area (Å²) in [7, 11) is 0. The summed E-state index contributed by atoms with van der Waals surface area (Å²) in [5.41, 5.74) is 8.18. The zero-order chi connectivity index (χ0) is 19.4. The van der Waals surface area contributed by atoms with Crippen molar-refractivity contribution in [3.63, 3.8) is 0 Å². The van der Waals surface area contributed by atoms with Crippen LogP contribution in [0.25, 0.3) is 0 Å². The van der Waals surface area contributed by atoms with Gasteiger partial charge in [-0.3, -0.25) is 25.2 Å². The lowest BCUT2D eigenvalue weighted by molar-refractivity contribution is -0.126. The van der Waals surface area contributed by atoms with Crippen molar-refractivity contribution in [2.75, 3.05) is 11.4 Å². The average molecular weight is 365 g/mol. The van der Waals surface area contributed by atoms with E-state index in [0.717, 1.165) is 17.7 Å². The van der Waals surface area contributed by atoms with Crippen molar-refractivity contribution in [3.8, 4) is 0 Å². The normalized spacial score (nSPS) is 16.3. The van der Waals surface area contributed by atoms with Crippen LogP contribution in [0.2, 0.25) is 0 Å². The molecule has 1 aliphatic rings. The van der Waals surface area contributed by atoms with E-state index in [0.29, 0.717) is 12.1 Å². The summed E-state index contributed by atoms with van der Waals surface area (Å²) in [6.45, 7) is 4.20. The maximum atomic E-state index is 12.4. The first-order chi connectivity index (χ1) is 13.0. The van der Waals surface area contributed by atoms with Crippen LogP contribution in [0.1, 0.15) is 34.8 Å². The summed E-state index contributed by atoms with van der Waals surface area (Å²) >= 11 is 0. The smallest absolute Gasteiger partial charge is 0.269 e. The Bertz CT molecular complexity index is 861. The number of nitrogens with one attached hydrogen (secondary N) is 2. The molecule has 140 valence electrons. The van der Waals surface area contributed by atoms with Crippen molar-refractivity contribution in [1.29, 1.82) is 0 Å². The summed E-state index contributed by atoms with van der Waals surface area (Å²) in [6.07, 6.45) is 1.06. The molecule has 0 spiro atoms. The Hall–Kier alpha value is -3.15. The Morgan fingerprint density at radius 3 is 2.44 bits per heavy atom. The molecule has 0 radical (unpaired) electrons. The fourth-order valence-corrected chi connectivity index (χ4v) is 3.16. The number of hydrazine groups is 1. The lowest BCUT2D eigenvalue weighted by Gasteiger charge is -2.17. The van der Waals surface area contributed by atoms with Gasteiger partial charge in [-0.15, -0.1) is 0 Å². The second-order valence-corrected chi connectivity index (χ2v) is 6.68. The van der Waals surface area contributed by atoms with Gasteiger partial charge >= 0.3 is 0 Å². The monoisotopic (exact) mass is 365 g/mol. The van der Waals surface area contributed by atoms with Gasteiger partial charge in [0, 0.05) is 24.2 Å². The highest BCUT2D eigenvalue weighted by atomic mass is 16.2. The van der Waals surface area contributed by atoms with Crippen LogP contribution in [0, 0.1) is 12.8 Å². The van der Waals surface area contributed by atoms with E-state index in [4.69, 9.17) is 0 Å². The molecule has 6 heteroatoms. The van der Waals surface area contributed by atoms with Gasteiger partial charge in [0.1, 0.15) is 0 Å². The third kappa shape index (κ3) is 4.16. The van der Waals surface area contributed by atoms with Crippen molar-refractivity contribution in [2.45, 2.75) is 26.7 Å². The van der Waals surface area contributed by atoms with Gasteiger partial charge in [0.05, 0.1) is 5.92 Å². The molecular weight excluding hydrogens is 342 g/mol. The van der Waals surface area contributed by atoms with E-state index in [-0.39, 0.29) is 24.1 Å². The number of amides is 3. The first-order valence-corrected chi connectivity index (χ1v) is 9.04. The second kappa shape index (κ2) is 8.03. The van der Waals surface area contributed by atoms with E-state index in [1.54, 1.807) is 17.0 Å². The fraction of sp³-hybridized carbons (Fsp3) is 0.286. The van der Waals surface area contributed by atoms with Crippen LogP contribution in [-0.2, 0) is 16.0 Å². The van der Waals surface area contributed by atoms with E-state index < -0.39 is 5.92 Å². The van der Waals surface area contributed by atoms with E-state index in [1.807, 2.05) is 43.3 Å². The lowest BCUT2D eigenvalue weighted by Crippen LogP contribution is -2.45. The Kier molecular flexibility index (Phi) is 5.54. The highest BCUT2D eigenvalue weighted by molar-refractivity contribution is 6.01. The molecule has 3 amide bonds. The Morgan fingerprint density at radius 2 is 1.78 bits per heavy atom. The number of benzene rings is 2. The number of aryl methyl sites for hydroxylation is 2. The SMILES string of the molecule is CCc1ccc(N2C[C@H](C(=O)NNC(=O)c3ccccc3C)CC2=O)cc1. The molecule has 0 bridgehead atoms. The first-order valence-electron chi connectivity index (χ1n) is 9.04. The molecule has 2 N–H and O–H groups in total. The minimum absolute atomic E-state index is 0.0929. The maximum absolute atomic E-state index is 12.4. The van der Waals surface area contributed by atoms with Gasteiger partial charge < -0.3 is 4.90 Å². The van der Waals surface area contributed by atoms with Crippen molar-refractivity contribution < 1.29 is 14.4 Å². The van der Waals surface area contributed by atoms with E-state index in [9.17, 15) is 14.4 Å². The van der Waals surface area contributed by atoms with Crippen molar-refractivity contribution in [2.24, 2.45) is 5.92 Å². The van der Waals surface area contributed by atoms with Crippen LogP contribution in [0.15, 0.2) is 48.5 Å². The Labute approximate surface area is 158 Å². The van der Waals surface area contributed by atoms with Crippen LogP contribution in [0.4, 0.5) is 5.69 Å². The predicted molar refractivity (Wildman–Crippen MR) is 103 cm³/mol. The highest BCUT2D eigenvalue weighted by Crippen LogP contribution is 2.25. The first kappa shape index (κ1) is 18.6.